The van der Waals surface area contributed by atoms with Crippen molar-refractivity contribution in [1.29, 1.82) is 0 Å². The van der Waals surface area contributed by atoms with Gasteiger partial charge in [-0.05, 0) is 25.1 Å². The van der Waals surface area contributed by atoms with Gasteiger partial charge in [-0.1, -0.05) is 6.07 Å². The van der Waals surface area contributed by atoms with Crippen LogP contribution in [0.4, 0.5) is 0 Å². The van der Waals surface area contributed by atoms with Crippen molar-refractivity contribution in [3.05, 3.63) is 18.2 Å². The molecule has 1 aliphatic heterocycles. The van der Waals surface area contributed by atoms with Crippen LogP contribution in [0.1, 0.15) is 6.42 Å². The van der Waals surface area contributed by atoms with Crippen LogP contribution in [-0.4, -0.2) is 26.4 Å². The van der Waals surface area contributed by atoms with E-state index in [4.69, 9.17) is 19.9 Å². The summed E-state index contributed by atoms with van der Waals surface area (Å²) in [7, 11) is 0. The summed E-state index contributed by atoms with van der Waals surface area (Å²) in [5.41, 5.74) is 5.39. The smallest absolute Gasteiger partial charge is 0.203 e. The molecule has 0 fully saturated rings. The van der Waals surface area contributed by atoms with E-state index in [1.165, 1.54) is 0 Å². The van der Waals surface area contributed by atoms with Crippen LogP contribution < -0.4 is 19.9 Å². The molecular formula is C11H15NO3. The molecule has 0 saturated carbocycles. The molecule has 1 heterocycles. The lowest BCUT2D eigenvalue weighted by molar-refractivity contribution is 0.162. The fourth-order valence-corrected chi connectivity index (χ4v) is 1.43. The van der Waals surface area contributed by atoms with E-state index in [0.29, 0.717) is 32.1 Å². The van der Waals surface area contributed by atoms with Gasteiger partial charge in [-0.25, -0.2) is 0 Å². The van der Waals surface area contributed by atoms with Crippen LogP contribution in [0, 0.1) is 0 Å². The van der Waals surface area contributed by atoms with Gasteiger partial charge in [0.2, 0.25) is 5.75 Å². The zero-order valence-corrected chi connectivity index (χ0v) is 8.57. The van der Waals surface area contributed by atoms with Gasteiger partial charge < -0.3 is 19.9 Å². The van der Waals surface area contributed by atoms with E-state index in [1.807, 2.05) is 18.2 Å². The molecule has 0 bridgehead atoms. The lowest BCUT2D eigenvalue weighted by Gasteiger charge is -2.20. The molecule has 15 heavy (non-hydrogen) atoms. The van der Waals surface area contributed by atoms with E-state index < -0.39 is 0 Å². The first-order valence-electron chi connectivity index (χ1n) is 5.13. The number of hydrogen-bond acceptors (Lipinski definition) is 4. The van der Waals surface area contributed by atoms with Crippen molar-refractivity contribution in [2.75, 3.05) is 26.4 Å². The SMILES string of the molecule is NCCCOc1cccc2c1OCCO2. The second-order valence-corrected chi connectivity index (χ2v) is 3.27. The van der Waals surface area contributed by atoms with Crippen molar-refractivity contribution < 1.29 is 14.2 Å². The van der Waals surface area contributed by atoms with Crippen LogP contribution in [0.5, 0.6) is 17.2 Å². The van der Waals surface area contributed by atoms with Gasteiger partial charge in [0.25, 0.3) is 0 Å². The quantitative estimate of drug-likeness (QED) is 0.757. The Morgan fingerprint density at radius 1 is 1.27 bits per heavy atom. The largest absolute Gasteiger partial charge is 0.489 e. The Kier molecular flexibility index (Phi) is 3.29. The Bertz CT molecular complexity index is 328. The summed E-state index contributed by atoms with van der Waals surface area (Å²) < 4.78 is 16.5. The van der Waals surface area contributed by atoms with Gasteiger partial charge in [-0.15, -0.1) is 0 Å². The Hall–Kier alpha value is -1.42. The van der Waals surface area contributed by atoms with Crippen molar-refractivity contribution in [3.8, 4) is 17.2 Å². The van der Waals surface area contributed by atoms with Crippen molar-refractivity contribution >= 4 is 0 Å². The first kappa shape index (κ1) is 10.1. The van der Waals surface area contributed by atoms with E-state index in [9.17, 15) is 0 Å². The fraction of sp³-hybridized carbons (Fsp3) is 0.455. The van der Waals surface area contributed by atoms with Crippen molar-refractivity contribution in [1.82, 2.24) is 0 Å². The number of nitrogens with two attached hydrogens (primary N) is 1. The second-order valence-electron chi connectivity index (χ2n) is 3.27. The third-order valence-corrected chi connectivity index (χ3v) is 2.14. The van der Waals surface area contributed by atoms with Crippen molar-refractivity contribution in [3.63, 3.8) is 0 Å². The first-order chi connectivity index (χ1) is 7.42. The van der Waals surface area contributed by atoms with Gasteiger partial charge in [-0.3, -0.25) is 0 Å². The summed E-state index contributed by atoms with van der Waals surface area (Å²) in [6.45, 7) is 2.41. The molecular weight excluding hydrogens is 194 g/mol. The number of para-hydroxylation sites is 1. The average Bonchev–Trinajstić information content (AvgIpc) is 2.30. The Balaban J connectivity index is 2.09. The molecule has 0 atom stereocenters. The molecule has 0 aromatic heterocycles. The molecule has 0 amide bonds. The molecule has 0 unspecified atom stereocenters. The van der Waals surface area contributed by atoms with Gasteiger partial charge in [0.1, 0.15) is 13.2 Å². The average molecular weight is 209 g/mol. The first-order valence-corrected chi connectivity index (χ1v) is 5.13. The highest BCUT2D eigenvalue weighted by Crippen LogP contribution is 2.38. The third-order valence-electron chi connectivity index (χ3n) is 2.14. The normalized spacial score (nSPS) is 13.7. The van der Waals surface area contributed by atoms with Crippen molar-refractivity contribution in [2.45, 2.75) is 6.42 Å². The molecule has 1 aromatic carbocycles. The van der Waals surface area contributed by atoms with Gasteiger partial charge in [0, 0.05) is 0 Å². The van der Waals surface area contributed by atoms with Crippen LogP contribution in [0.2, 0.25) is 0 Å². The zero-order chi connectivity index (χ0) is 10.5. The summed E-state index contributed by atoms with van der Waals surface area (Å²) in [6, 6.07) is 5.65. The van der Waals surface area contributed by atoms with Crippen LogP contribution in [0.3, 0.4) is 0 Å². The lowest BCUT2D eigenvalue weighted by atomic mass is 10.3. The highest BCUT2D eigenvalue weighted by molar-refractivity contribution is 5.51. The van der Waals surface area contributed by atoms with Crippen LogP contribution in [-0.2, 0) is 0 Å². The van der Waals surface area contributed by atoms with E-state index in [2.05, 4.69) is 0 Å². The van der Waals surface area contributed by atoms with Gasteiger partial charge in [0.05, 0.1) is 6.61 Å². The summed E-state index contributed by atoms with van der Waals surface area (Å²) in [4.78, 5) is 0. The minimum Gasteiger partial charge on any atom is -0.489 e. The maximum absolute atomic E-state index is 5.56. The minimum absolute atomic E-state index is 0.574. The maximum atomic E-state index is 5.56. The molecule has 0 radical (unpaired) electrons. The zero-order valence-electron chi connectivity index (χ0n) is 8.57. The Morgan fingerprint density at radius 2 is 2.13 bits per heavy atom. The number of fused-ring (bicyclic) bond motifs is 1. The second kappa shape index (κ2) is 4.89. The molecule has 2 rings (SSSR count). The van der Waals surface area contributed by atoms with Crippen LogP contribution in [0.25, 0.3) is 0 Å². The molecule has 1 aromatic rings. The summed E-state index contributed by atoms with van der Waals surface area (Å²) in [6.07, 6.45) is 0.838. The molecule has 2 N–H and O–H groups in total. The number of ether oxygens (including phenoxy) is 3. The standard InChI is InChI=1S/C11H15NO3/c12-5-2-6-13-9-3-1-4-10-11(9)15-8-7-14-10/h1,3-4H,2,5-8,12H2. The van der Waals surface area contributed by atoms with Crippen molar-refractivity contribution in [2.24, 2.45) is 5.73 Å². The number of hydrogen-bond donors (Lipinski definition) is 1. The monoisotopic (exact) mass is 209 g/mol. The summed E-state index contributed by atoms with van der Waals surface area (Å²) >= 11 is 0. The number of benzene rings is 1. The highest BCUT2D eigenvalue weighted by atomic mass is 16.6. The van der Waals surface area contributed by atoms with Crippen LogP contribution in [0.15, 0.2) is 18.2 Å². The predicted molar refractivity (Wildman–Crippen MR) is 56.6 cm³/mol. The Labute approximate surface area is 88.9 Å². The molecule has 0 saturated heterocycles. The van der Waals surface area contributed by atoms with E-state index in [0.717, 1.165) is 17.9 Å². The molecule has 82 valence electrons. The molecule has 4 heteroatoms. The maximum Gasteiger partial charge on any atom is 0.203 e. The van der Waals surface area contributed by atoms with Gasteiger partial charge in [0.15, 0.2) is 11.5 Å². The fourth-order valence-electron chi connectivity index (χ4n) is 1.43. The topological polar surface area (TPSA) is 53.7 Å². The van der Waals surface area contributed by atoms with E-state index in [1.54, 1.807) is 0 Å². The van der Waals surface area contributed by atoms with Gasteiger partial charge >= 0.3 is 0 Å². The highest BCUT2D eigenvalue weighted by Gasteiger charge is 2.16. The lowest BCUT2D eigenvalue weighted by Crippen LogP contribution is -2.16. The van der Waals surface area contributed by atoms with E-state index >= 15 is 0 Å². The molecule has 0 spiro atoms. The Morgan fingerprint density at radius 3 is 3.00 bits per heavy atom. The molecule has 1 aliphatic rings. The van der Waals surface area contributed by atoms with E-state index in [-0.39, 0.29) is 0 Å². The minimum atomic E-state index is 0.574. The molecule has 0 aliphatic carbocycles. The summed E-state index contributed by atoms with van der Waals surface area (Å²) in [5.74, 6) is 2.20. The summed E-state index contributed by atoms with van der Waals surface area (Å²) in [5, 5.41) is 0. The van der Waals surface area contributed by atoms with Crippen LogP contribution >= 0.6 is 0 Å². The third kappa shape index (κ3) is 2.33. The predicted octanol–water partition coefficient (Wildman–Crippen LogP) is 1.19. The van der Waals surface area contributed by atoms with Gasteiger partial charge in [-0.2, -0.15) is 0 Å². The molecule has 4 nitrogen and oxygen atoms in total. The number of rotatable bonds is 4.